The molecule has 0 fully saturated rings. The molecule has 1 aromatic heterocycles. The molecule has 2 aromatic rings. The number of thioether (sulfide) groups is 1. The highest BCUT2D eigenvalue weighted by molar-refractivity contribution is 8.14. The van der Waals surface area contributed by atoms with E-state index in [0.717, 1.165) is 39.4 Å². The van der Waals surface area contributed by atoms with Crippen molar-refractivity contribution in [1.29, 1.82) is 0 Å². The van der Waals surface area contributed by atoms with E-state index < -0.39 is 5.54 Å². The summed E-state index contributed by atoms with van der Waals surface area (Å²) in [6, 6.07) is 7.17. The summed E-state index contributed by atoms with van der Waals surface area (Å²) in [7, 11) is 4.98. The van der Waals surface area contributed by atoms with Gasteiger partial charge in [0.2, 0.25) is 10.7 Å². The number of ether oxygens (including phenoxy) is 2. The third kappa shape index (κ3) is 2.84. The van der Waals surface area contributed by atoms with Gasteiger partial charge in [-0.25, -0.2) is 4.57 Å². The molecule has 1 aliphatic carbocycles. The number of rotatable bonds is 5. The molecule has 33 heavy (non-hydrogen) atoms. The number of allylic oxidation sites excluding steroid dienone is 3. The summed E-state index contributed by atoms with van der Waals surface area (Å²) < 4.78 is 13.2. The first-order valence-electron chi connectivity index (χ1n) is 10.6. The fourth-order valence-electron chi connectivity index (χ4n) is 5.35. The van der Waals surface area contributed by atoms with E-state index in [0.29, 0.717) is 23.7 Å². The Labute approximate surface area is 197 Å². The highest BCUT2D eigenvalue weighted by atomic mass is 32.2. The van der Waals surface area contributed by atoms with Crippen LogP contribution in [0, 0.1) is 0 Å². The molecule has 0 saturated carbocycles. The Hall–Kier alpha value is -3.07. The SMILES string of the molecule is COC1=C(C)CC23C=CC=C[N+]2(OC)c2ncc(SC(=O)c4cccc(OC)c4)n2C3=C1C. The molecule has 2 atom stereocenters. The molecule has 170 valence electrons. The number of quaternary nitrogens is 1. The van der Waals surface area contributed by atoms with Gasteiger partial charge < -0.3 is 9.47 Å². The third-order valence-electron chi connectivity index (χ3n) is 6.63. The van der Waals surface area contributed by atoms with E-state index in [1.807, 2.05) is 24.4 Å². The Morgan fingerprint density at radius 1 is 1.18 bits per heavy atom. The molecular formula is C25H26N3O4S+. The smallest absolute Gasteiger partial charge is 0.354 e. The Bertz CT molecular complexity index is 1290. The normalized spacial score (nSPS) is 25.1. The summed E-state index contributed by atoms with van der Waals surface area (Å²) in [4.78, 5) is 24.2. The highest BCUT2D eigenvalue weighted by Gasteiger charge is 2.67. The number of hydrogen-bond acceptors (Lipinski definition) is 6. The molecule has 5 rings (SSSR count). The monoisotopic (exact) mass is 464 g/mol. The van der Waals surface area contributed by atoms with Gasteiger partial charge in [-0.15, -0.1) is 0 Å². The average Bonchev–Trinajstić information content (AvgIpc) is 3.33. The lowest BCUT2D eigenvalue weighted by Gasteiger charge is -2.42. The highest BCUT2D eigenvalue weighted by Crippen LogP contribution is 2.58. The fourth-order valence-corrected chi connectivity index (χ4v) is 6.15. The Kier molecular flexibility index (Phi) is 5.12. The van der Waals surface area contributed by atoms with Crippen LogP contribution < -0.4 is 9.38 Å². The topological polar surface area (TPSA) is 62.6 Å². The molecule has 8 heteroatoms. The predicted molar refractivity (Wildman–Crippen MR) is 128 cm³/mol. The van der Waals surface area contributed by atoms with E-state index in [4.69, 9.17) is 19.3 Å². The molecule has 3 aliphatic rings. The standard InChI is InChI=1S/C25H26N3O4S/c1-16-14-25-11-6-7-12-28(25,32-5)24-26-15-20(27(24)22(25)17(2)21(16)31-4)33-23(29)18-9-8-10-19(13-18)30-3/h6-13,15H,14H2,1-5H3/q+1. The van der Waals surface area contributed by atoms with Crippen molar-refractivity contribution in [2.24, 2.45) is 0 Å². The van der Waals surface area contributed by atoms with Crippen molar-refractivity contribution in [3.8, 4) is 5.75 Å². The van der Waals surface area contributed by atoms with Crippen molar-refractivity contribution in [2.45, 2.75) is 30.8 Å². The minimum absolute atomic E-state index is 0.0849. The van der Waals surface area contributed by atoms with Gasteiger partial charge in [0.15, 0.2) is 0 Å². The largest absolute Gasteiger partial charge is 0.497 e. The molecule has 2 unspecified atom stereocenters. The molecule has 0 N–H and O–H groups in total. The Balaban J connectivity index is 1.68. The van der Waals surface area contributed by atoms with E-state index in [9.17, 15) is 4.79 Å². The molecule has 0 saturated heterocycles. The average molecular weight is 465 g/mol. The molecule has 2 aliphatic heterocycles. The van der Waals surface area contributed by atoms with Gasteiger partial charge in [0.25, 0.3) is 0 Å². The number of nitrogens with zero attached hydrogens (tertiary/aromatic N) is 3. The molecule has 3 heterocycles. The van der Waals surface area contributed by atoms with E-state index in [-0.39, 0.29) is 9.76 Å². The Morgan fingerprint density at radius 3 is 2.73 bits per heavy atom. The minimum Gasteiger partial charge on any atom is -0.497 e. The van der Waals surface area contributed by atoms with Crippen LogP contribution in [-0.4, -0.2) is 41.5 Å². The van der Waals surface area contributed by atoms with E-state index in [1.165, 1.54) is 0 Å². The van der Waals surface area contributed by atoms with Crippen LogP contribution in [0.3, 0.4) is 0 Å². The minimum atomic E-state index is -0.530. The van der Waals surface area contributed by atoms with Gasteiger partial charge in [0.1, 0.15) is 28.4 Å². The maximum Gasteiger partial charge on any atom is 0.354 e. The van der Waals surface area contributed by atoms with Gasteiger partial charge in [0, 0.05) is 17.6 Å². The van der Waals surface area contributed by atoms with E-state index >= 15 is 0 Å². The van der Waals surface area contributed by atoms with Gasteiger partial charge in [-0.2, -0.15) is 9.82 Å². The van der Waals surface area contributed by atoms with Crippen LogP contribution in [0.25, 0.3) is 5.70 Å². The molecular weight excluding hydrogens is 438 g/mol. The number of fused-ring (bicyclic) bond motifs is 3. The Morgan fingerprint density at radius 2 is 2.00 bits per heavy atom. The van der Waals surface area contributed by atoms with Gasteiger partial charge >= 0.3 is 5.95 Å². The van der Waals surface area contributed by atoms with Crippen LogP contribution >= 0.6 is 11.8 Å². The number of methoxy groups -OCH3 is 2. The van der Waals surface area contributed by atoms with Gasteiger partial charge in [-0.3, -0.25) is 4.79 Å². The maximum atomic E-state index is 13.2. The number of carbonyl (C=O) groups excluding carboxylic acids is 1. The molecule has 1 aromatic carbocycles. The summed E-state index contributed by atoms with van der Waals surface area (Å²) in [5.74, 6) is 2.22. The van der Waals surface area contributed by atoms with Crippen LogP contribution in [-0.2, 0) is 9.57 Å². The van der Waals surface area contributed by atoms with Crippen LogP contribution in [0.5, 0.6) is 5.75 Å². The molecule has 0 amide bonds. The van der Waals surface area contributed by atoms with Crippen LogP contribution in [0.1, 0.15) is 30.6 Å². The van der Waals surface area contributed by atoms with E-state index in [1.54, 1.807) is 39.7 Å². The van der Waals surface area contributed by atoms with E-state index in [2.05, 4.69) is 30.6 Å². The maximum absolute atomic E-state index is 13.2. The van der Waals surface area contributed by atoms with Crippen molar-refractivity contribution in [3.63, 3.8) is 0 Å². The summed E-state index contributed by atoms with van der Waals surface area (Å²) >= 11 is 1.15. The fraction of sp³-hybridized carbons (Fsp3) is 0.280. The third-order valence-corrected chi connectivity index (χ3v) is 7.54. The second kappa shape index (κ2) is 7.76. The molecule has 0 bridgehead atoms. The second-order valence-corrected chi connectivity index (χ2v) is 9.28. The quantitative estimate of drug-likeness (QED) is 0.454. The lowest BCUT2D eigenvalue weighted by atomic mass is 9.78. The predicted octanol–water partition coefficient (Wildman–Crippen LogP) is 5.08. The number of hydrogen-bond donors (Lipinski definition) is 0. The molecule has 7 nitrogen and oxygen atoms in total. The second-order valence-electron chi connectivity index (χ2n) is 8.28. The number of aromatic nitrogens is 2. The first-order valence-corrected chi connectivity index (χ1v) is 11.5. The lowest BCUT2D eigenvalue weighted by molar-refractivity contribution is -0.118. The number of imidazole rings is 1. The number of carbonyl (C=O) groups is 1. The van der Waals surface area contributed by atoms with Gasteiger partial charge in [-0.1, -0.05) is 22.9 Å². The lowest BCUT2D eigenvalue weighted by Crippen LogP contribution is -2.60. The first kappa shape index (κ1) is 21.8. The summed E-state index contributed by atoms with van der Waals surface area (Å²) in [6.07, 6.45) is 10.7. The summed E-state index contributed by atoms with van der Waals surface area (Å²) in [6.45, 7) is 4.15. The molecule has 1 spiro atoms. The first-order chi connectivity index (χ1) is 15.9. The number of hydroxylamine groups is 2. The number of benzene rings is 1. The van der Waals surface area contributed by atoms with Crippen LogP contribution in [0.2, 0.25) is 0 Å². The summed E-state index contributed by atoms with van der Waals surface area (Å²) in [5.41, 5.74) is 3.20. The van der Waals surface area contributed by atoms with Crippen molar-refractivity contribution >= 4 is 28.5 Å². The van der Waals surface area contributed by atoms with Crippen LogP contribution in [0.15, 0.2) is 76.8 Å². The van der Waals surface area contributed by atoms with Crippen LogP contribution in [0.4, 0.5) is 5.95 Å². The zero-order valence-corrected chi connectivity index (χ0v) is 20.1. The zero-order valence-electron chi connectivity index (χ0n) is 19.3. The van der Waals surface area contributed by atoms with Gasteiger partial charge in [0.05, 0.1) is 27.5 Å². The van der Waals surface area contributed by atoms with Gasteiger partial charge in [-0.05, 0) is 55.5 Å². The zero-order chi connectivity index (χ0) is 23.4. The van der Waals surface area contributed by atoms with Crippen molar-refractivity contribution in [2.75, 3.05) is 21.3 Å². The van der Waals surface area contributed by atoms with Crippen molar-refractivity contribution < 1.29 is 19.1 Å². The van der Waals surface area contributed by atoms with Crippen molar-refractivity contribution in [3.05, 3.63) is 77.4 Å². The van der Waals surface area contributed by atoms with Crippen molar-refractivity contribution in [1.82, 2.24) is 14.2 Å². The summed E-state index contributed by atoms with van der Waals surface area (Å²) in [5, 5.41) is 0.644. The molecule has 0 radical (unpaired) electrons.